The first-order valence-corrected chi connectivity index (χ1v) is 27.7. The topological polar surface area (TPSA) is 159 Å². The molecule has 6 aliphatic rings. The molecule has 14 nitrogen and oxygen atoms in total. The fourth-order valence-corrected chi connectivity index (χ4v) is 12.7. The number of nitrogens with two attached hydrogens (primary N) is 1. The molecule has 430 valence electrons. The summed E-state index contributed by atoms with van der Waals surface area (Å²) in [5, 5.41) is 17.5. The average Bonchev–Trinajstić information content (AvgIpc) is 4.28. The smallest absolute Gasteiger partial charge is 0.258 e. The minimum atomic E-state index is -0.765. The fraction of sp³-hybridized carbons (Fsp3) is 0.354. The highest BCUT2D eigenvalue weighted by atomic mass is 32.1. The van der Waals surface area contributed by atoms with Crippen molar-refractivity contribution in [3.63, 3.8) is 0 Å². The van der Waals surface area contributed by atoms with Gasteiger partial charge in [0.2, 0.25) is 11.8 Å². The Morgan fingerprint density at radius 2 is 1.00 bits per heavy atom. The zero-order chi connectivity index (χ0) is 55.7. The Bertz CT molecular complexity index is 3400. The van der Waals surface area contributed by atoms with Crippen LogP contribution in [-0.2, 0) is 27.4 Å². The molecule has 2 spiro atoms. The van der Waals surface area contributed by atoms with Crippen LogP contribution in [0.2, 0.25) is 0 Å². The molecule has 5 saturated heterocycles. The van der Waals surface area contributed by atoms with Gasteiger partial charge < -0.3 is 35.2 Å². The van der Waals surface area contributed by atoms with Crippen molar-refractivity contribution in [2.45, 2.75) is 83.3 Å². The molecule has 1 unspecified atom stereocenters. The van der Waals surface area contributed by atoms with Gasteiger partial charge in [0.15, 0.2) is 0 Å². The molecule has 0 bridgehead atoms. The van der Waals surface area contributed by atoms with Crippen molar-refractivity contribution in [2.75, 3.05) is 75.6 Å². The van der Waals surface area contributed by atoms with Gasteiger partial charge in [0.05, 0.1) is 49.8 Å². The molecule has 2 atom stereocenters. The number of aliphatic hydroxyl groups excluding tert-OH is 1. The van der Waals surface area contributed by atoms with Crippen LogP contribution in [0.15, 0.2) is 146 Å². The molecule has 6 aliphatic heterocycles. The van der Waals surface area contributed by atoms with E-state index < -0.39 is 17.2 Å². The number of imide groups is 1. The molecule has 7 aromatic rings. The SMILES string of the molecule is C.Cc1cccc2cccc(CN3CCC4(CC3)C(=O)N(CC3CO3)CN4c3ccc(F)cc3)c12.Cc1cccc2cccc(CN3CCC4(CC3)C(=O)N(C[C@H](O)CN)CN4c3ccc(F)cc3)c12.O=C1NC(=O)c2ccccc21.S. The number of benzene rings is 7. The first kappa shape index (κ1) is 59.4. The molecule has 4 amide bonds. The van der Waals surface area contributed by atoms with Crippen LogP contribution >= 0.6 is 13.5 Å². The Morgan fingerprint density at radius 1 is 0.598 bits per heavy atom. The molecule has 5 fully saturated rings. The summed E-state index contributed by atoms with van der Waals surface area (Å²) in [7, 11) is 0. The molecule has 0 aromatic heterocycles. The van der Waals surface area contributed by atoms with E-state index in [0.717, 1.165) is 70.1 Å². The molecule has 4 N–H and O–H groups in total. The average molecular weight is 1130 g/mol. The lowest BCUT2D eigenvalue weighted by Gasteiger charge is -2.43. The van der Waals surface area contributed by atoms with E-state index >= 15 is 0 Å². The van der Waals surface area contributed by atoms with Crippen molar-refractivity contribution in [3.8, 4) is 0 Å². The number of epoxide rings is 1. The third-order valence-electron chi connectivity index (χ3n) is 17.0. The highest BCUT2D eigenvalue weighted by Gasteiger charge is 2.55. The number of hydrogen-bond donors (Lipinski definition) is 3. The number of hydrogen-bond acceptors (Lipinski definition) is 11. The van der Waals surface area contributed by atoms with E-state index in [-0.39, 0.29) is 75.4 Å². The highest BCUT2D eigenvalue weighted by Crippen LogP contribution is 2.42. The number of nitrogens with zero attached hydrogens (tertiary/aromatic N) is 6. The van der Waals surface area contributed by atoms with Gasteiger partial charge in [-0.15, -0.1) is 0 Å². The molecular weight excluding hydrogens is 1060 g/mol. The van der Waals surface area contributed by atoms with Gasteiger partial charge in [0.25, 0.3) is 11.8 Å². The largest absolute Gasteiger partial charge is 0.390 e. The molecule has 17 heteroatoms. The predicted octanol–water partition coefficient (Wildman–Crippen LogP) is 8.89. The predicted molar refractivity (Wildman–Crippen MR) is 323 cm³/mol. The van der Waals surface area contributed by atoms with Crippen molar-refractivity contribution in [3.05, 3.63) is 191 Å². The summed E-state index contributed by atoms with van der Waals surface area (Å²) in [5.41, 5.74) is 12.2. The van der Waals surface area contributed by atoms with Crippen LogP contribution in [0.3, 0.4) is 0 Å². The van der Waals surface area contributed by atoms with E-state index in [1.54, 1.807) is 53.4 Å². The van der Waals surface area contributed by atoms with Crippen molar-refractivity contribution in [1.29, 1.82) is 0 Å². The number of anilines is 2. The number of nitrogens with one attached hydrogen (secondary N) is 1. The van der Waals surface area contributed by atoms with Crippen molar-refractivity contribution >= 4 is 70.0 Å². The van der Waals surface area contributed by atoms with Gasteiger partial charge in [-0.25, -0.2) is 8.78 Å². The van der Waals surface area contributed by atoms with Crippen molar-refractivity contribution < 1.29 is 37.8 Å². The van der Waals surface area contributed by atoms with Crippen LogP contribution in [-0.4, -0.2) is 137 Å². The Morgan fingerprint density at radius 3 is 1.41 bits per heavy atom. The van der Waals surface area contributed by atoms with E-state index in [4.69, 9.17) is 10.5 Å². The molecule has 7 aromatic carbocycles. The minimum Gasteiger partial charge on any atom is -0.390 e. The van der Waals surface area contributed by atoms with Crippen LogP contribution in [0.25, 0.3) is 21.5 Å². The van der Waals surface area contributed by atoms with Crippen LogP contribution in [0.1, 0.15) is 76.1 Å². The number of carbonyl (C=O) groups excluding carboxylic acids is 4. The van der Waals surface area contributed by atoms with Gasteiger partial charge >= 0.3 is 0 Å². The van der Waals surface area contributed by atoms with Gasteiger partial charge in [0, 0.05) is 63.7 Å². The number of halogens is 2. The van der Waals surface area contributed by atoms with Gasteiger partial charge in [-0.05, 0) is 144 Å². The molecule has 0 radical (unpaired) electrons. The monoisotopic (exact) mass is 1130 g/mol. The second-order valence-electron chi connectivity index (χ2n) is 22.1. The number of ether oxygens (including phenoxy) is 1. The maximum Gasteiger partial charge on any atom is 0.258 e. The number of fused-ring (bicyclic) bond motifs is 3. The van der Waals surface area contributed by atoms with Gasteiger partial charge in [-0.2, -0.15) is 13.5 Å². The van der Waals surface area contributed by atoms with Crippen LogP contribution < -0.4 is 20.9 Å². The second-order valence-corrected chi connectivity index (χ2v) is 22.1. The Hall–Kier alpha value is -7.25. The van der Waals surface area contributed by atoms with Crippen molar-refractivity contribution in [1.82, 2.24) is 24.9 Å². The van der Waals surface area contributed by atoms with Gasteiger partial charge in [-0.1, -0.05) is 92.4 Å². The molecule has 0 aliphatic carbocycles. The number of β-amino-alcohol motifs (C(OH)–C–C–N with tert-alkyl or cyclic N) is 1. The third-order valence-corrected chi connectivity index (χ3v) is 17.0. The summed E-state index contributed by atoms with van der Waals surface area (Å²) in [4.78, 5) is 62.1. The summed E-state index contributed by atoms with van der Waals surface area (Å²) < 4.78 is 32.7. The second kappa shape index (κ2) is 25.1. The number of carbonyl (C=O) groups is 4. The zero-order valence-electron chi connectivity index (χ0n) is 45.8. The number of aliphatic hydroxyl groups is 1. The fourth-order valence-electron chi connectivity index (χ4n) is 12.7. The first-order valence-electron chi connectivity index (χ1n) is 27.7. The summed E-state index contributed by atoms with van der Waals surface area (Å²) in [6, 6.07) is 45.5. The number of amides is 4. The third kappa shape index (κ3) is 12.0. The first-order chi connectivity index (χ1) is 38.7. The Labute approximate surface area is 485 Å². The minimum absolute atomic E-state index is 0. The number of likely N-dealkylation sites (tertiary alicyclic amines) is 2. The van der Waals surface area contributed by atoms with E-state index in [2.05, 4.69) is 112 Å². The summed E-state index contributed by atoms with van der Waals surface area (Å²) in [5.74, 6) is -0.949. The van der Waals surface area contributed by atoms with Crippen molar-refractivity contribution in [2.24, 2.45) is 5.73 Å². The standard InChI is InChI=1S/C28H33FN4O2.C28H30FN3O2.C8H5NO2.CH4.H2S/c1-20-4-2-5-21-6-3-7-22(26(20)21)17-31-14-12-28(13-15-31)27(35)32(18-25(34)16-30)19-33(28)24-10-8-23(29)9-11-24;1-20-4-2-5-21-6-3-7-22(26(20)21)16-30-14-12-28(13-15-30)27(33)31(17-25-18-34-25)19-32(28)24-10-8-23(29)9-11-24;10-7-5-3-1-2-4-6(5)8(11)9-7;;/h2-11,25,34H,12-19,30H2,1H3;2-11,25H,12-19H2,1H3;1-4H,(H,9,10,11);1H4;1H2/t25-;;;;/m1..../s1. The number of piperidine rings is 2. The van der Waals surface area contributed by atoms with Crippen LogP contribution in [0.5, 0.6) is 0 Å². The van der Waals surface area contributed by atoms with Gasteiger partial charge in [0.1, 0.15) is 22.7 Å². The number of aryl methyl sites for hydroxylation is 2. The molecular formula is C65H74F2N8O6S. The lowest BCUT2D eigenvalue weighted by molar-refractivity contribution is -0.135. The normalized spacial score (nSPS) is 19.3. The molecule has 0 saturated carbocycles. The van der Waals surface area contributed by atoms with E-state index in [1.165, 1.54) is 68.1 Å². The summed E-state index contributed by atoms with van der Waals surface area (Å²) in [6.45, 7) is 11.9. The molecule has 6 heterocycles. The van der Waals surface area contributed by atoms with E-state index in [9.17, 15) is 33.1 Å². The zero-order valence-corrected chi connectivity index (χ0v) is 46.8. The van der Waals surface area contributed by atoms with Gasteiger partial charge in [-0.3, -0.25) is 34.3 Å². The maximum atomic E-state index is 13.7. The van der Waals surface area contributed by atoms with Crippen LogP contribution in [0.4, 0.5) is 20.2 Å². The molecule has 13 rings (SSSR count). The molecule has 82 heavy (non-hydrogen) atoms. The lowest BCUT2D eigenvalue weighted by atomic mass is 9.85. The van der Waals surface area contributed by atoms with E-state index in [1.807, 2.05) is 4.90 Å². The number of rotatable bonds is 11. The lowest BCUT2D eigenvalue weighted by Crippen LogP contribution is -2.56. The Balaban J connectivity index is 0.000000163. The maximum absolute atomic E-state index is 13.7. The van der Waals surface area contributed by atoms with Crippen LogP contribution in [0, 0.1) is 25.5 Å². The van der Waals surface area contributed by atoms with E-state index in [0.29, 0.717) is 43.9 Å². The summed E-state index contributed by atoms with van der Waals surface area (Å²) >= 11 is 0. The summed E-state index contributed by atoms with van der Waals surface area (Å²) in [6.07, 6.45) is 2.25. The Kier molecular flexibility index (Phi) is 18.2. The quantitative estimate of drug-likeness (QED) is 0.0840. The highest BCUT2D eigenvalue weighted by molar-refractivity contribution is 7.59.